The van der Waals surface area contributed by atoms with Gasteiger partial charge in [0.15, 0.2) is 0 Å². The van der Waals surface area contributed by atoms with Crippen LogP contribution in [0.4, 0.5) is 0 Å². The predicted molar refractivity (Wildman–Crippen MR) is 382 cm³/mol. The van der Waals surface area contributed by atoms with Gasteiger partial charge in [-0.15, -0.1) is 0 Å². The van der Waals surface area contributed by atoms with Crippen LogP contribution in [0.15, 0.2) is 273 Å². The Hall–Kier alpha value is -10.5. The topological polar surface area (TPSA) is 9.86 Å². The van der Waals surface area contributed by atoms with Gasteiger partial charge in [-0.1, -0.05) is 260 Å². The third-order valence-corrected chi connectivity index (χ3v) is 19.9. The fourth-order valence-corrected chi connectivity index (χ4v) is 15.8. The molecule has 0 unspecified atom stereocenters. The normalized spacial score (nSPS) is 12.8. The van der Waals surface area contributed by atoms with Gasteiger partial charge in [0, 0.05) is 49.3 Å². The average Bonchev–Trinajstić information content (AvgIpc) is 1.57. The van der Waals surface area contributed by atoms with E-state index in [1.807, 2.05) is 0 Å². The fraction of sp³-hybridized carbons (Fsp3) is 0.0930. The van der Waals surface area contributed by atoms with E-state index >= 15 is 0 Å². The van der Waals surface area contributed by atoms with Crippen LogP contribution in [-0.2, 0) is 10.8 Å². The van der Waals surface area contributed by atoms with Gasteiger partial charge >= 0.3 is 0 Å². The molecule has 89 heavy (non-hydrogen) atoms. The Morgan fingerprint density at radius 1 is 0.270 bits per heavy atom. The zero-order valence-electron chi connectivity index (χ0n) is 51.0. The molecule has 0 N–H and O–H groups in total. The molecule has 3 heteroatoms. The highest BCUT2D eigenvalue weighted by Crippen LogP contribution is 2.50. The summed E-state index contributed by atoms with van der Waals surface area (Å²) in [7, 11) is 0. The molecule has 16 aromatic rings. The van der Waals surface area contributed by atoms with Crippen molar-refractivity contribution in [1.82, 2.24) is 9.13 Å². The van der Waals surface area contributed by atoms with Gasteiger partial charge in [-0.05, 0) is 187 Å². The van der Waals surface area contributed by atoms with Crippen LogP contribution in [0.25, 0.3) is 154 Å². The zero-order valence-corrected chi connectivity index (χ0v) is 51.0. The number of nitrogens with zero attached hydrogens (tertiary/aromatic N) is 2. The van der Waals surface area contributed by atoms with Crippen molar-refractivity contribution in [2.75, 3.05) is 0 Å². The van der Waals surface area contributed by atoms with Gasteiger partial charge in [0.05, 0.1) is 11.0 Å². The van der Waals surface area contributed by atoms with Crippen LogP contribution in [0.2, 0.25) is 0 Å². The molecule has 0 spiro atoms. The van der Waals surface area contributed by atoms with E-state index < -0.39 is 0 Å². The summed E-state index contributed by atoms with van der Waals surface area (Å²) in [6.45, 7) is 14.1. The second-order valence-electron chi connectivity index (χ2n) is 27.1. The Balaban J connectivity index is 1.07. The van der Waals surface area contributed by atoms with Crippen LogP contribution < -0.4 is 16.4 Å². The predicted octanol–water partition coefficient (Wildman–Crippen LogP) is 21.1. The van der Waals surface area contributed by atoms with Crippen molar-refractivity contribution >= 4 is 99.0 Å². The van der Waals surface area contributed by atoms with E-state index in [-0.39, 0.29) is 17.5 Å². The highest BCUT2D eigenvalue weighted by atomic mass is 15.0. The van der Waals surface area contributed by atoms with Crippen molar-refractivity contribution in [2.45, 2.75) is 52.4 Å². The van der Waals surface area contributed by atoms with Crippen molar-refractivity contribution in [3.8, 4) is 78.1 Å². The Bertz CT molecular complexity index is 5560. The van der Waals surface area contributed by atoms with E-state index in [1.165, 1.54) is 182 Å². The number of benzene rings is 14. The van der Waals surface area contributed by atoms with Crippen molar-refractivity contribution in [3.05, 3.63) is 284 Å². The smallest absolute Gasteiger partial charge is 0.252 e. The Labute approximate surface area is 519 Å². The minimum Gasteiger partial charge on any atom is -0.310 e. The molecule has 2 aliphatic rings. The van der Waals surface area contributed by atoms with Gasteiger partial charge in [0.1, 0.15) is 0 Å². The number of rotatable bonds is 6. The summed E-state index contributed by atoms with van der Waals surface area (Å²) < 4.78 is 5.41. The quantitative estimate of drug-likeness (QED) is 0.116. The summed E-state index contributed by atoms with van der Waals surface area (Å²) in [5.41, 5.74) is 28.3. The largest absolute Gasteiger partial charge is 0.310 e. The third-order valence-electron chi connectivity index (χ3n) is 19.9. The van der Waals surface area contributed by atoms with Gasteiger partial charge < -0.3 is 9.13 Å². The summed E-state index contributed by atoms with van der Waals surface area (Å²) in [6.07, 6.45) is 0. The zero-order chi connectivity index (χ0) is 59.6. The molecule has 2 aliphatic heterocycles. The lowest BCUT2D eigenvalue weighted by atomic mass is 9.34. The summed E-state index contributed by atoms with van der Waals surface area (Å²) >= 11 is 0. The molecule has 0 aliphatic carbocycles. The van der Waals surface area contributed by atoms with Crippen LogP contribution >= 0.6 is 0 Å². The van der Waals surface area contributed by atoms with Crippen molar-refractivity contribution in [1.29, 1.82) is 0 Å². The minimum absolute atomic E-state index is 0.0565. The molecule has 14 aromatic carbocycles. The first-order valence-electron chi connectivity index (χ1n) is 31.6. The molecule has 4 heterocycles. The van der Waals surface area contributed by atoms with Gasteiger partial charge in [-0.25, -0.2) is 0 Å². The van der Waals surface area contributed by atoms with Crippen molar-refractivity contribution < 1.29 is 0 Å². The highest BCUT2D eigenvalue weighted by Gasteiger charge is 2.43. The number of hydrogen-bond donors (Lipinski definition) is 0. The molecular weight excluding hydrogens is 1070 g/mol. The third kappa shape index (κ3) is 7.64. The fourth-order valence-electron chi connectivity index (χ4n) is 15.8. The Morgan fingerprint density at radius 2 is 0.719 bits per heavy atom. The molecule has 0 fully saturated rings. The first kappa shape index (κ1) is 51.7. The molecule has 0 bridgehead atoms. The summed E-state index contributed by atoms with van der Waals surface area (Å²) in [5, 5.41) is 12.8. The minimum atomic E-state index is -0.139. The van der Waals surface area contributed by atoms with Gasteiger partial charge in [0.2, 0.25) is 0 Å². The van der Waals surface area contributed by atoms with E-state index in [0.717, 1.165) is 0 Å². The first-order chi connectivity index (χ1) is 43.4. The molecule has 0 atom stereocenters. The van der Waals surface area contributed by atoms with Gasteiger partial charge in [-0.3, -0.25) is 0 Å². The van der Waals surface area contributed by atoms with Crippen LogP contribution in [0.1, 0.15) is 52.7 Å². The first-order valence-corrected chi connectivity index (χ1v) is 31.6. The molecule has 2 aromatic heterocycles. The highest BCUT2D eigenvalue weighted by molar-refractivity contribution is 7.00. The number of hydrogen-bond acceptors (Lipinski definition) is 0. The summed E-state index contributed by atoms with van der Waals surface area (Å²) in [4.78, 5) is 0. The number of fused-ring (bicyclic) bond motifs is 17. The second kappa shape index (κ2) is 19.0. The maximum absolute atomic E-state index is 2.72. The molecule has 0 radical (unpaired) electrons. The van der Waals surface area contributed by atoms with Crippen LogP contribution in [0.5, 0.6) is 0 Å². The van der Waals surface area contributed by atoms with Gasteiger partial charge in [0.25, 0.3) is 6.71 Å². The molecule has 0 saturated heterocycles. The average molecular weight is 1140 g/mol. The SMILES string of the molecule is CC(C)(C)c1ccc2c(c1)c1cc(C(C)(C)C)cc3c1n2-c1cc(-c2c(-c4ccccc4)cc(-c4ccccc4)cc2-c2ccccc2)cc2c1B3c1cc(-c3ccccc3-c3ccccc3)cc3c4c5c6ccccc6c6ccccc6c5ccc4n-2c13. The molecule has 18 rings (SSSR count). The molecule has 0 amide bonds. The van der Waals surface area contributed by atoms with Crippen LogP contribution in [0.3, 0.4) is 0 Å². The van der Waals surface area contributed by atoms with Crippen LogP contribution in [-0.4, -0.2) is 15.8 Å². The Kier molecular flexibility index (Phi) is 11.0. The maximum atomic E-state index is 2.72. The molecule has 0 saturated carbocycles. The second-order valence-corrected chi connectivity index (χ2v) is 27.1. The van der Waals surface area contributed by atoms with E-state index in [0.29, 0.717) is 0 Å². The van der Waals surface area contributed by atoms with Crippen LogP contribution in [0, 0.1) is 0 Å². The maximum Gasteiger partial charge on any atom is 0.252 e. The molecular formula is C86H63BN2. The lowest BCUT2D eigenvalue weighted by Crippen LogP contribution is -2.59. The lowest BCUT2D eigenvalue weighted by Gasteiger charge is -2.35. The summed E-state index contributed by atoms with van der Waals surface area (Å²) in [5.74, 6) is 0. The lowest BCUT2D eigenvalue weighted by molar-refractivity contribution is 0.590. The van der Waals surface area contributed by atoms with E-state index in [4.69, 9.17) is 0 Å². The van der Waals surface area contributed by atoms with E-state index in [1.54, 1.807) is 0 Å². The van der Waals surface area contributed by atoms with Crippen molar-refractivity contribution in [3.63, 3.8) is 0 Å². The Morgan fingerprint density at radius 3 is 1.30 bits per heavy atom. The van der Waals surface area contributed by atoms with Gasteiger partial charge in [-0.2, -0.15) is 0 Å². The molecule has 420 valence electrons. The summed E-state index contributed by atoms with van der Waals surface area (Å²) in [6, 6.07) is 104. The van der Waals surface area contributed by atoms with E-state index in [9.17, 15) is 0 Å². The van der Waals surface area contributed by atoms with Crippen molar-refractivity contribution in [2.24, 2.45) is 0 Å². The molecule has 2 nitrogen and oxygen atoms in total. The standard InChI is InChI=1S/C86H63BN2/c1-85(2,3)59-39-41-75-70(49-59)71-50-60(86(4,5)6)51-74-83(71)88(75)77-47-58(79-68(54-29-15-9-16-30-54)43-56(52-25-11-7-12-26-52)44-69(79)55-31-17-10-18-32-55)48-78-82(77)87(74)73-46-57(62-34-20-19-33-61(62)53-27-13-8-14-28-53)45-72-81-76(89(78)84(72)73)42-40-67-65-37-22-21-35-63(65)64-36-23-24-38-66(64)80(67)81/h7-51H,1-6H3. The number of aromatic nitrogens is 2. The van der Waals surface area contributed by atoms with E-state index in [2.05, 4.69) is 324 Å². The monoisotopic (exact) mass is 1130 g/mol.